The van der Waals surface area contributed by atoms with Gasteiger partial charge in [-0.1, -0.05) is 91.1 Å². The first-order valence-electron chi connectivity index (χ1n) is 13.7. The van der Waals surface area contributed by atoms with Crippen LogP contribution in [-0.4, -0.2) is 24.1 Å². The van der Waals surface area contributed by atoms with E-state index in [9.17, 15) is 0 Å². The molecule has 2 aromatic rings. The fourth-order valence-corrected chi connectivity index (χ4v) is 8.06. The number of hydrogen-bond acceptors (Lipinski definition) is 3. The van der Waals surface area contributed by atoms with Crippen molar-refractivity contribution in [1.29, 1.82) is 0 Å². The molecule has 0 bridgehead atoms. The minimum Gasteiger partial charge on any atom is -0.300 e. The van der Waals surface area contributed by atoms with Crippen LogP contribution in [0, 0.1) is 5.41 Å². The van der Waals surface area contributed by atoms with Gasteiger partial charge in [-0.05, 0) is 53.4 Å². The molecule has 3 heterocycles. The molecule has 4 aliphatic rings. The third-order valence-corrected chi connectivity index (χ3v) is 10.6. The molecule has 3 heteroatoms. The summed E-state index contributed by atoms with van der Waals surface area (Å²) >= 11 is 0. The minimum atomic E-state index is 0.0660. The first-order valence-corrected chi connectivity index (χ1v) is 13.7. The van der Waals surface area contributed by atoms with Crippen molar-refractivity contribution in [3.63, 3.8) is 0 Å². The Hall–Kier alpha value is -2.29. The van der Waals surface area contributed by atoms with Crippen LogP contribution in [0.4, 0.5) is 5.69 Å². The molecule has 1 aliphatic carbocycles. The normalized spacial score (nSPS) is 26.4. The molecule has 0 aromatic heterocycles. The predicted molar refractivity (Wildman–Crippen MR) is 144 cm³/mol. The number of anilines is 1. The molecule has 2 atom stereocenters. The Kier molecular flexibility index (Phi) is 4.65. The maximum Gasteiger partial charge on any atom is 0.162 e. The van der Waals surface area contributed by atoms with Crippen LogP contribution >= 0.6 is 0 Å². The second kappa shape index (κ2) is 7.12. The van der Waals surface area contributed by atoms with E-state index in [1.165, 1.54) is 77.9 Å². The Morgan fingerprint density at radius 1 is 0.941 bits per heavy atom. The molecule has 0 spiro atoms. The molecule has 3 nitrogen and oxygen atoms in total. The van der Waals surface area contributed by atoms with Gasteiger partial charge in [0.25, 0.3) is 0 Å². The van der Waals surface area contributed by atoms with Crippen molar-refractivity contribution in [2.24, 2.45) is 10.5 Å². The summed E-state index contributed by atoms with van der Waals surface area (Å²) in [5.74, 6) is 1.18. The van der Waals surface area contributed by atoms with E-state index in [2.05, 4.69) is 88.8 Å². The summed E-state index contributed by atoms with van der Waals surface area (Å²) in [6, 6.07) is 12.1. The third-order valence-electron chi connectivity index (χ3n) is 10.6. The SMILES string of the molecule is CCCCCC1(C)c2cccc3c2-c2c(ccc4c2N2C3=NN(C)C2C(CC)(CC)C4)C1(C)C. The van der Waals surface area contributed by atoms with Crippen LogP contribution in [-0.2, 0) is 17.3 Å². The van der Waals surface area contributed by atoms with Gasteiger partial charge in [0.05, 0.1) is 5.69 Å². The Balaban J connectivity index is 1.68. The summed E-state index contributed by atoms with van der Waals surface area (Å²) < 4.78 is 0. The molecule has 34 heavy (non-hydrogen) atoms. The number of rotatable bonds is 6. The number of benzene rings is 2. The molecule has 2 unspecified atom stereocenters. The number of unbranched alkanes of at least 4 members (excludes halogenated alkanes) is 2. The fourth-order valence-electron chi connectivity index (χ4n) is 8.06. The lowest BCUT2D eigenvalue weighted by molar-refractivity contribution is 0.0861. The quantitative estimate of drug-likeness (QED) is 0.418. The van der Waals surface area contributed by atoms with Crippen molar-refractivity contribution >= 4 is 11.5 Å². The molecule has 0 N–H and O–H groups in total. The maximum atomic E-state index is 5.26. The highest BCUT2D eigenvalue weighted by Gasteiger charge is 2.57. The minimum absolute atomic E-state index is 0.0660. The van der Waals surface area contributed by atoms with E-state index in [0.29, 0.717) is 6.17 Å². The fraction of sp³-hybridized carbons (Fsp3) is 0.581. The summed E-state index contributed by atoms with van der Waals surface area (Å²) in [5, 5.41) is 7.54. The van der Waals surface area contributed by atoms with Gasteiger partial charge >= 0.3 is 0 Å². The zero-order chi connectivity index (χ0) is 24.0. The van der Waals surface area contributed by atoms with Gasteiger partial charge in [-0.25, -0.2) is 0 Å². The molecule has 3 aliphatic heterocycles. The number of hydrogen-bond donors (Lipinski definition) is 0. The predicted octanol–water partition coefficient (Wildman–Crippen LogP) is 7.60. The second-order valence-corrected chi connectivity index (χ2v) is 12.1. The van der Waals surface area contributed by atoms with E-state index < -0.39 is 0 Å². The molecule has 2 aromatic carbocycles. The monoisotopic (exact) mass is 455 g/mol. The zero-order valence-electron chi connectivity index (χ0n) is 22.3. The van der Waals surface area contributed by atoms with Crippen LogP contribution < -0.4 is 4.90 Å². The van der Waals surface area contributed by atoms with Crippen molar-refractivity contribution < 1.29 is 0 Å². The van der Waals surface area contributed by atoms with E-state index >= 15 is 0 Å². The van der Waals surface area contributed by atoms with Gasteiger partial charge in [0.2, 0.25) is 0 Å². The van der Waals surface area contributed by atoms with E-state index in [-0.39, 0.29) is 16.2 Å². The molecule has 0 saturated heterocycles. The lowest BCUT2D eigenvalue weighted by Gasteiger charge is -2.56. The number of amidine groups is 1. The van der Waals surface area contributed by atoms with Crippen LogP contribution in [0.1, 0.15) is 102 Å². The van der Waals surface area contributed by atoms with E-state index in [0.717, 1.165) is 6.42 Å². The summed E-state index contributed by atoms with van der Waals surface area (Å²) in [6.45, 7) is 14.6. The van der Waals surface area contributed by atoms with Crippen molar-refractivity contribution in [1.82, 2.24) is 5.01 Å². The number of hydrazone groups is 1. The molecule has 180 valence electrons. The van der Waals surface area contributed by atoms with Crippen LogP contribution in [0.3, 0.4) is 0 Å². The molecule has 0 fully saturated rings. The average molecular weight is 456 g/mol. The van der Waals surface area contributed by atoms with Crippen LogP contribution in [0.15, 0.2) is 35.4 Å². The largest absolute Gasteiger partial charge is 0.300 e. The Bertz CT molecular complexity index is 1200. The van der Waals surface area contributed by atoms with Crippen molar-refractivity contribution in [2.45, 2.75) is 103 Å². The van der Waals surface area contributed by atoms with Gasteiger partial charge in [0, 0.05) is 29.0 Å². The molecule has 0 saturated carbocycles. The van der Waals surface area contributed by atoms with E-state index in [1.807, 2.05) is 0 Å². The first kappa shape index (κ1) is 22.2. The van der Waals surface area contributed by atoms with Gasteiger partial charge in [-0.3, -0.25) is 5.01 Å². The lowest BCUT2D eigenvalue weighted by Crippen LogP contribution is -2.58. The zero-order valence-corrected chi connectivity index (χ0v) is 22.3. The molecular weight excluding hydrogens is 414 g/mol. The topological polar surface area (TPSA) is 18.8 Å². The highest BCUT2D eigenvalue weighted by Crippen LogP contribution is 2.63. The van der Waals surface area contributed by atoms with Gasteiger partial charge in [0.15, 0.2) is 5.84 Å². The van der Waals surface area contributed by atoms with Crippen molar-refractivity contribution in [3.05, 3.63) is 52.6 Å². The Labute approximate surface area is 206 Å². The van der Waals surface area contributed by atoms with Crippen molar-refractivity contribution in [2.75, 3.05) is 11.9 Å². The average Bonchev–Trinajstić information content (AvgIpc) is 3.20. The van der Waals surface area contributed by atoms with Gasteiger partial charge in [-0.15, -0.1) is 0 Å². The highest BCUT2D eigenvalue weighted by molar-refractivity contribution is 6.22. The molecular formula is C31H41N3. The summed E-state index contributed by atoms with van der Waals surface area (Å²) in [5.41, 5.74) is 10.8. The molecule has 0 amide bonds. The van der Waals surface area contributed by atoms with E-state index in [1.54, 1.807) is 5.56 Å². The highest BCUT2D eigenvalue weighted by atomic mass is 15.6. The summed E-state index contributed by atoms with van der Waals surface area (Å²) in [6.07, 6.45) is 8.87. The van der Waals surface area contributed by atoms with Crippen molar-refractivity contribution in [3.8, 4) is 11.1 Å². The van der Waals surface area contributed by atoms with Crippen LogP contribution in [0.25, 0.3) is 11.1 Å². The number of nitrogens with zero attached hydrogens (tertiary/aromatic N) is 3. The Morgan fingerprint density at radius 3 is 2.41 bits per heavy atom. The maximum absolute atomic E-state index is 5.26. The Morgan fingerprint density at radius 2 is 1.71 bits per heavy atom. The molecule has 6 rings (SSSR count). The van der Waals surface area contributed by atoms with E-state index in [4.69, 9.17) is 5.10 Å². The summed E-state index contributed by atoms with van der Waals surface area (Å²) in [7, 11) is 2.20. The first-order chi connectivity index (χ1) is 16.3. The smallest absolute Gasteiger partial charge is 0.162 e. The standard InChI is InChI=1S/C31H41N3/c1-8-11-12-18-30(6)23-15-13-14-21-24(23)25-22(29(30,4)5)17-16-20-19-31(9-2,10-3)28-33(7)32-27(21)34(28)26(20)25/h13-17,28H,8-12,18-19H2,1-7H3. The van der Waals surface area contributed by atoms with Crippen LogP contribution in [0.5, 0.6) is 0 Å². The van der Waals surface area contributed by atoms with Gasteiger partial charge in [0.1, 0.15) is 6.17 Å². The summed E-state index contributed by atoms with van der Waals surface area (Å²) in [4.78, 5) is 2.65. The second-order valence-electron chi connectivity index (χ2n) is 12.1. The van der Waals surface area contributed by atoms with Gasteiger partial charge < -0.3 is 4.90 Å². The lowest BCUT2D eigenvalue weighted by atomic mass is 9.51. The van der Waals surface area contributed by atoms with Gasteiger partial charge in [-0.2, -0.15) is 5.10 Å². The van der Waals surface area contributed by atoms with Crippen LogP contribution in [0.2, 0.25) is 0 Å². The number of fused-ring (bicyclic) bond motifs is 1. The molecule has 0 radical (unpaired) electrons. The third kappa shape index (κ3) is 2.41.